The molecule has 0 fully saturated rings. The Bertz CT molecular complexity index is 386. The first-order valence-corrected chi connectivity index (χ1v) is 4.47. The van der Waals surface area contributed by atoms with Crippen LogP contribution in [-0.4, -0.2) is 24.0 Å². The van der Waals surface area contributed by atoms with E-state index in [2.05, 4.69) is 15.9 Å². The highest BCUT2D eigenvalue weighted by molar-refractivity contribution is 9.10. The fourth-order valence-corrected chi connectivity index (χ4v) is 1.54. The fourth-order valence-electron chi connectivity index (χ4n) is 1.01. The van der Waals surface area contributed by atoms with Crippen molar-refractivity contribution in [3.8, 4) is 5.75 Å². The summed E-state index contributed by atoms with van der Waals surface area (Å²) < 4.78 is 5.46. The molecular formula is C9H7BrO4. The van der Waals surface area contributed by atoms with Crippen LogP contribution < -0.4 is 4.74 Å². The molecule has 1 aromatic carbocycles. The minimum Gasteiger partial charge on any atom is -0.495 e. The predicted molar refractivity (Wildman–Crippen MR) is 52.7 cm³/mol. The number of ether oxygens (including phenoxy) is 1. The van der Waals surface area contributed by atoms with E-state index < -0.39 is 11.8 Å². The van der Waals surface area contributed by atoms with Crippen LogP contribution in [0.25, 0.3) is 0 Å². The second kappa shape index (κ2) is 4.23. The molecule has 0 spiro atoms. The average molecular weight is 259 g/mol. The maximum Gasteiger partial charge on any atom is 0.377 e. The smallest absolute Gasteiger partial charge is 0.377 e. The summed E-state index contributed by atoms with van der Waals surface area (Å²) in [6, 6.07) is 4.64. The summed E-state index contributed by atoms with van der Waals surface area (Å²) in [5, 5.41) is 8.53. The molecule has 0 saturated carbocycles. The maximum absolute atomic E-state index is 11.2. The molecule has 0 aromatic heterocycles. The number of carbonyl (C=O) groups is 2. The first-order valence-electron chi connectivity index (χ1n) is 3.68. The Labute approximate surface area is 88.6 Å². The third-order valence-electron chi connectivity index (χ3n) is 1.61. The van der Waals surface area contributed by atoms with Gasteiger partial charge in [-0.05, 0) is 28.1 Å². The van der Waals surface area contributed by atoms with Gasteiger partial charge in [0.05, 0.1) is 17.1 Å². The van der Waals surface area contributed by atoms with Crippen molar-refractivity contribution in [3.63, 3.8) is 0 Å². The number of carboxylic acid groups (broad SMARTS) is 1. The van der Waals surface area contributed by atoms with Crippen LogP contribution in [0, 0.1) is 0 Å². The number of hydrogen-bond acceptors (Lipinski definition) is 3. The Morgan fingerprint density at radius 3 is 2.57 bits per heavy atom. The lowest BCUT2D eigenvalue weighted by Crippen LogP contribution is -2.13. The summed E-state index contributed by atoms with van der Waals surface area (Å²) in [5.74, 6) is -2.25. The fraction of sp³-hybridized carbons (Fsp3) is 0.111. The number of carboxylic acids is 1. The van der Waals surface area contributed by atoms with Crippen LogP contribution >= 0.6 is 15.9 Å². The van der Waals surface area contributed by atoms with Crippen LogP contribution in [0.3, 0.4) is 0 Å². The molecule has 0 aliphatic heterocycles. The lowest BCUT2D eigenvalue weighted by atomic mass is 10.1. The van der Waals surface area contributed by atoms with Crippen molar-refractivity contribution >= 4 is 27.7 Å². The molecule has 1 N–H and O–H groups in total. The van der Waals surface area contributed by atoms with E-state index >= 15 is 0 Å². The number of Topliss-reactive ketones (excluding diaryl/α,β-unsaturated/α-hetero) is 1. The third kappa shape index (κ3) is 1.93. The Balaban J connectivity index is 3.27. The van der Waals surface area contributed by atoms with Crippen molar-refractivity contribution < 1.29 is 19.4 Å². The van der Waals surface area contributed by atoms with Gasteiger partial charge in [-0.15, -0.1) is 0 Å². The highest BCUT2D eigenvalue weighted by Gasteiger charge is 2.20. The molecule has 0 aliphatic rings. The zero-order chi connectivity index (χ0) is 10.7. The normalized spacial score (nSPS) is 9.57. The number of para-hydroxylation sites is 1. The molecule has 0 bridgehead atoms. The maximum atomic E-state index is 11.2. The van der Waals surface area contributed by atoms with E-state index in [1.807, 2.05) is 0 Å². The van der Waals surface area contributed by atoms with Crippen LogP contribution in [0.2, 0.25) is 0 Å². The van der Waals surface area contributed by atoms with Gasteiger partial charge in [-0.3, -0.25) is 4.79 Å². The van der Waals surface area contributed by atoms with Gasteiger partial charge in [-0.25, -0.2) is 4.79 Å². The predicted octanol–water partition coefficient (Wildman–Crippen LogP) is 1.72. The monoisotopic (exact) mass is 258 g/mol. The van der Waals surface area contributed by atoms with Crippen LogP contribution in [0.4, 0.5) is 0 Å². The van der Waals surface area contributed by atoms with Gasteiger partial charge in [0.15, 0.2) is 0 Å². The molecule has 0 saturated heterocycles. The second-order valence-corrected chi connectivity index (χ2v) is 3.31. The molecule has 1 aromatic rings. The topological polar surface area (TPSA) is 63.6 Å². The van der Waals surface area contributed by atoms with E-state index in [1.165, 1.54) is 13.2 Å². The molecule has 0 unspecified atom stereocenters. The van der Waals surface area contributed by atoms with E-state index in [9.17, 15) is 9.59 Å². The second-order valence-electron chi connectivity index (χ2n) is 2.45. The van der Waals surface area contributed by atoms with Crippen molar-refractivity contribution in [3.05, 3.63) is 28.2 Å². The van der Waals surface area contributed by atoms with Gasteiger partial charge in [0.1, 0.15) is 5.75 Å². The number of ketones is 1. The number of carbonyl (C=O) groups excluding carboxylic acids is 1. The molecule has 0 radical (unpaired) electrons. The van der Waals surface area contributed by atoms with Gasteiger partial charge < -0.3 is 9.84 Å². The molecule has 5 heteroatoms. The van der Waals surface area contributed by atoms with Gasteiger partial charge in [-0.2, -0.15) is 0 Å². The van der Waals surface area contributed by atoms with Crippen LogP contribution in [0.15, 0.2) is 22.7 Å². The molecule has 0 heterocycles. The third-order valence-corrected chi connectivity index (χ3v) is 2.23. The molecule has 74 valence electrons. The number of rotatable bonds is 3. The quantitative estimate of drug-likeness (QED) is 0.663. The molecular weight excluding hydrogens is 252 g/mol. The highest BCUT2D eigenvalue weighted by atomic mass is 79.9. The number of aliphatic carboxylic acids is 1. The Morgan fingerprint density at radius 1 is 1.43 bits per heavy atom. The van der Waals surface area contributed by atoms with E-state index in [1.54, 1.807) is 12.1 Å². The molecule has 0 aliphatic carbocycles. The van der Waals surface area contributed by atoms with E-state index in [4.69, 9.17) is 9.84 Å². The van der Waals surface area contributed by atoms with E-state index in [0.717, 1.165) is 0 Å². The Kier molecular flexibility index (Phi) is 3.24. The largest absolute Gasteiger partial charge is 0.495 e. The minimum atomic E-state index is -1.50. The summed E-state index contributed by atoms with van der Waals surface area (Å²) in [6.07, 6.45) is 0. The number of hydrogen-bond donors (Lipinski definition) is 1. The van der Waals surface area contributed by atoms with Crippen LogP contribution in [-0.2, 0) is 4.79 Å². The van der Waals surface area contributed by atoms with Crippen molar-refractivity contribution in [2.45, 2.75) is 0 Å². The zero-order valence-electron chi connectivity index (χ0n) is 7.28. The van der Waals surface area contributed by atoms with E-state index in [0.29, 0.717) is 4.47 Å². The summed E-state index contributed by atoms with van der Waals surface area (Å²) in [4.78, 5) is 21.6. The SMILES string of the molecule is COc1c(Br)cccc1C(=O)C(=O)O. The van der Waals surface area contributed by atoms with E-state index in [-0.39, 0.29) is 11.3 Å². The van der Waals surface area contributed by atoms with Gasteiger partial charge in [0, 0.05) is 0 Å². The first kappa shape index (κ1) is 10.7. The molecule has 0 atom stereocenters. The summed E-state index contributed by atoms with van der Waals surface area (Å²) in [6.45, 7) is 0. The highest BCUT2D eigenvalue weighted by Crippen LogP contribution is 2.28. The van der Waals surface area contributed by atoms with Crippen molar-refractivity contribution in [2.75, 3.05) is 7.11 Å². The minimum absolute atomic E-state index is 0.0365. The number of halogens is 1. The average Bonchev–Trinajstić information content (AvgIpc) is 2.16. The summed E-state index contributed by atoms with van der Waals surface area (Å²) >= 11 is 3.15. The Morgan fingerprint density at radius 2 is 2.07 bits per heavy atom. The van der Waals surface area contributed by atoms with Gasteiger partial charge in [-0.1, -0.05) is 6.07 Å². The van der Waals surface area contributed by atoms with Gasteiger partial charge in [0.2, 0.25) is 0 Å². The van der Waals surface area contributed by atoms with Crippen molar-refractivity contribution in [2.24, 2.45) is 0 Å². The lowest BCUT2D eigenvalue weighted by Gasteiger charge is -2.06. The van der Waals surface area contributed by atoms with Gasteiger partial charge >= 0.3 is 5.97 Å². The Hall–Kier alpha value is -1.36. The standard InChI is InChI=1S/C9H7BrO4/c1-14-8-5(7(11)9(12)13)3-2-4-6(8)10/h2-4H,1H3,(H,12,13). The summed E-state index contributed by atoms with van der Waals surface area (Å²) in [5.41, 5.74) is 0.0365. The number of methoxy groups -OCH3 is 1. The zero-order valence-corrected chi connectivity index (χ0v) is 8.87. The molecule has 1 rings (SSSR count). The summed E-state index contributed by atoms with van der Waals surface area (Å²) in [7, 11) is 1.37. The van der Waals surface area contributed by atoms with Crippen LogP contribution in [0.5, 0.6) is 5.75 Å². The first-order chi connectivity index (χ1) is 6.57. The molecule has 0 amide bonds. The van der Waals surface area contributed by atoms with Crippen LogP contribution in [0.1, 0.15) is 10.4 Å². The van der Waals surface area contributed by atoms with Crippen molar-refractivity contribution in [1.29, 1.82) is 0 Å². The molecule has 4 nitrogen and oxygen atoms in total. The number of benzene rings is 1. The molecule has 14 heavy (non-hydrogen) atoms. The lowest BCUT2D eigenvalue weighted by molar-refractivity contribution is -0.131. The van der Waals surface area contributed by atoms with Crippen molar-refractivity contribution in [1.82, 2.24) is 0 Å². The van der Waals surface area contributed by atoms with Gasteiger partial charge in [0.25, 0.3) is 5.78 Å².